The van der Waals surface area contributed by atoms with Gasteiger partial charge in [-0.1, -0.05) is 43.2 Å². The van der Waals surface area contributed by atoms with Gasteiger partial charge in [-0.3, -0.25) is 14.5 Å². The van der Waals surface area contributed by atoms with E-state index in [9.17, 15) is 18.4 Å². The Bertz CT molecular complexity index is 1730. The number of amides is 2. The molecular formula is C48H70F2N6O6. The quantitative estimate of drug-likeness (QED) is 0.0962. The SMILES string of the molecule is C#CCOCCOCCOCCOCCC(=O)N1CCC2(CC1)CC(c1nnc(CC)n1C1CC3CCC(C1)N3CC[C@H](CNC(=O)C1CCC(F)(F)CC1)c1ccccc1)C2. The number of piperidine rings is 2. The number of carbonyl (C=O) groups excluding carboxylic acids is 2. The second-order valence-electron chi connectivity index (χ2n) is 18.5. The van der Waals surface area contributed by atoms with Crippen molar-refractivity contribution >= 4 is 11.8 Å². The van der Waals surface area contributed by atoms with Crippen LogP contribution in [0.15, 0.2) is 30.3 Å². The van der Waals surface area contributed by atoms with Crippen molar-refractivity contribution in [3.63, 3.8) is 0 Å². The van der Waals surface area contributed by atoms with Gasteiger partial charge in [-0.05, 0) is 88.2 Å². The first kappa shape index (κ1) is 46.5. The lowest BCUT2D eigenvalue weighted by Gasteiger charge is -2.52. The molecule has 0 radical (unpaired) electrons. The van der Waals surface area contributed by atoms with E-state index in [4.69, 9.17) is 35.6 Å². The van der Waals surface area contributed by atoms with Crippen molar-refractivity contribution in [3.05, 3.63) is 47.5 Å². The second-order valence-corrected chi connectivity index (χ2v) is 18.5. The Balaban J connectivity index is 0.833. The van der Waals surface area contributed by atoms with Gasteiger partial charge >= 0.3 is 0 Å². The Morgan fingerprint density at radius 1 is 0.855 bits per heavy atom. The van der Waals surface area contributed by atoms with E-state index < -0.39 is 5.92 Å². The number of nitrogens with zero attached hydrogens (tertiary/aromatic N) is 5. The van der Waals surface area contributed by atoms with Crippen molar-refractivity contribution in [3.8, 4) is 12.3 Å². The lowest BCUT2D eigenvalue weighted by Crippen LogP contribution is -2.49. The third-order valence-electron chi connectivity index (χ3n) is 14.6. The number of terminal acetylenes is 1. The molecule has 342 valence electrons. The molecule has 12 nitrogen and oxygen atoms in total. The first-order valence-corrected chi connectivity index (χ1v) is 23.6. The predicted octanol–water partition coefficient (Wildman–Crippen LogP) is 6.70. The maximum Gasteiger partial charge on any atom is 0.248 e. The molecule has 3 aliphatic heterocycles. The van der Waals surface area contributed by atoms with E-state index in [1.54, 1.807) is 0 Å². The molecule has 3 saturated heterocycles. The van der Waals surface area contributed by atoms with E-state index in [0.717, 1.165) is 76.8 Å². The van der Waals surface area contributed by atoms with Crippen molar-refractivity contribution in [1.82, 2.24) is 29.9 Å². The summed E-state index contributed by atoms with van der Waals surface area (Å²) in [6.07, 6.45) is 16.3. The van der Waals surface area contributed by atoms with Gasteiger partial charge in [0.05, 0.1) is 52.7 Å². The molecule has 2 bridgehead atoms. The van der Waals surface area contributed by atoms with Gasteiger partial charge in [-0.25, -0.2) is 8.78 Å². The molecule has 2 unspecified atom stereocenters. The maximum atomic E-state index is 13.8. The fourth-order valence-corrected chi connectivity index (χ4v) is 11.1. The average Bonchev–Trinajstić information content (AvgIpc) is 3.80. The van der Waals surface area contributed by atoms with E-state index in [2.05, 4.69) is 51.9 Å². The Morgan fingerprint density at radius 2 is 1.48 bits per heavy atom. The summed E-state index contributed by atoms with van der Waals surface area (Å²) in [7, 11) is 0. The van der Waals surface area contributed by atoms with E-state index in [0.29, 0.717) is 89.9 Å². The summed E-state index contributed by atoms with van der Waals surface area (Å²) in [6, 6.07) is 11.8. The summed E-state index contributed by atoms with van der Waals surface area (Å²) in [5, 5.41) is 12.8. The molecule has 14 heteroatoms. The zero-order valence-corrected chi connectivity index (χ0v) is 37.0. The summed E-state index contributed by atoms with van der Waals surface area (Å²) in [4.78, 5) is 30.9. The summed E-state index contributed by atoms with van der Waals surface area (Å²) in [5.74, 6) is 2.38. The molecule has 1 spiro atoms. The lowest BCUT2D eigenvalue weighted by molar-refractivity contribution is -0.136. The molecule has 3 atom stereocenters. The van der Waals surface area contributed by atoms with Gasteiger partial charge in [0.1, 0.15) is 18.3 Å². The van der Waals surface area contributed by atoms with Crippen LogP contribution in [0.3, 0.4) is 0 Å². The molecule has 5 aliphatic rings. The van der Waals surface area contributed by atoms with Crippen LogP contribution in [-0.4, -0.2) is 133 Å². The number of nitrogens with one attached hydrogen (secondary N) is 1. The van der Waals surface area contributed by atoms with Crippen molar-refractivity contribution in [1.29, 1.82) is 0 Å². The highest BCUT2D eigenvalue weighted by molar-refractivity contribution is 5.78. The molecule has 7 rings (SSSR count). The number of aromatic nitrogens is 3. The Kier molecular flexibility index (Phi) is 16.8. The normalized spacial score (nSPS) is 24.2. The van der Waals surface area contributed by atoms with Gasteiger partial charge in [-0.15, -0.1) is 16.6 Å². The van der Waals surface area contributed by atoms with E-state index in [1.807, 2.05) is 11.0 Å². The van der Waals surface area contributed by atoms with Gasteiger partial charge in [0.2, 0.25) is 17.7 Å². The molecule has 5 fully saturated rings. The summed E-state index contributed by atoms with van der Waals surface area (Å²) < 4.78 is 51.9. The van der Waals surface area contributed by atoms with Gasteiger partial charge < -0.3 is 33.7 Å². The number of carbonyl (C=O) groups is 2. The number of ether oxygens (including phenoxy) is 4. The molecule has 4 heterocycles. The van der Waals surface area contributed by atoms with Crippen LogP contribution < -0.4 is 5.32 Å². The number of likely N-dealkylation sites (tertiary alicyclic amines) is 1. The molecule has 2 aliphatic carbocycles. The molecule has 2 amide bonds. The smallest absolute Gasteiger partial charge is 0.248 e. The van der Waals surface area contributed by atoms with E-state index >= 15 is 0 Å². The van der Waals surface area contributed by atoms with Crippen LogP contribution in [-0.2, 0) is 35.0 Å². The number of rotatable bonds is 23. The minimum absolute atomic E-state index is 0.0774. The molecule has 1 aromatic heterocycles. The molecule has 2 aromatic rings. The van der Waals surface area contributed by atoms with Crippen LogP contribution in [0.2, 0.25) is 0 Å². The van der Waals surface area contributed by atoms with Gasteiger partial charge in [-0.2, -0.15) is 0 Å². The number of benzene rings is 1. The zero-order chi connectivity index (χ0) is 43.4. The third kappa shape index (κ3) is 12.2. The highest BCUT2D eigenvalue weighted by Gasteiger charge is 2.50. The van der Waals surface area contributed by atoms with Crippen LogP contribution in [0.4, 0.5) is 8.78 Å². The first-order valence-electron chi connectivity index (χ1n) is 23.6. The fraction of sp³-hybridized carbons (Fsp3) is 0.750. The topological polar surface area (TPSA) is 120 Å². The minimum atomic E-state index is -2.64. The van der Waals surface area contributed by atoms with Crippen molar-refractivity contribution in [2.24, 2.45) is 11.3 Å². The van der Waals surface area contributed by atoms with Crippen molar-refractivity contribution in [2.45, 2.75) is 139 Å². The predicted molar refractivity (Wildman–Crippen MR) is 232 cm³/mol. The molecule has 1 N–H and O–H groups in total. The minimum Gasteiger partial charge on any atom is -0.379 e. The zero-order valence-electron chi connectivity index (χ0n) is 37.0. The monoisotopic (exact) mass is 865 g/mol. The number of aryl methyl sites for hydroxylation is 1. The Hall–Kier alpha value is -3.48. The van der Waals surface area contributed by atoms with Crippen molar-refractivity contribution < 1.29 is 37.3 Å². The summed E-state index contributed by atoms with van der Waals surface area (Å²) in [6.45, 7) is 8.81. The number of hydrogen-bond donors (Lipinski definition) is 1. The number of halogens is 2. The van der Waals surface area contributed by atoms with E-state index in [1.165, 1.54) is 24.2 Å². The molecule has 62 heavy (non-hydrogen) atoms. The van der Waals surface area contributed by atoms with Gasteiger partial charge in [0, 0.05) is 74.8 Å². The largest absolute Gasteiger partial charge is 0.379 e. The van der Waals surface area contributed by atoms with Gasteiger partial charge in [0.15, 0.2) is 0 Å². The van der Waals surface area contributed by atoms with Gasteiger partial charge in [0.25, 0.3) is 0 Å². The van der Waals surface area contributed by atoms with E-state index in [-0.39, 0.29) is 54.7 Å². The summed E-state index contributed by atoms with van der Waals surface area (Å²) in [5.41, 5.74) is 1.49. The summed E-state index contributed by atoms with van der Waals surface area (Å²) >= 11 is 0. The van der Waals surface area contributed by atoms with Crippen LogP contribution in [0, 0.1) is 23.7 Å². The highest BCUT2D eigenvalue weighted by atomic mass is 19.3. The van der Waals surface area contributed by atoms with Crippen LogP contribution in [0.1, 0.15) is 132 Å². The molecular weight excluding hydrogens is 795 g/mol. The van der Waals surface area contributed by atoms with Crippen molar-refractivity contribution in [2.75, 3.05) is 79.0 Å². The average molecular weight is 865 g/mol. The number of alkyl halides is 2. The number of hydrogen-bond acceptors (Lipinski definition) is 9. The fourth-order valence-electron chi connectivity index (χ4n) is 11.1. The van der Waals surface area contributed by atoms with Crippen LogP contribution in [0.25, 0.3) is 0 Å². The third-order valence-corrected chi connectivity index (χ3v) is 14.6. The highest BCUT2D eigenvalue weighted by Crippen LogP contribution is 2.57. The standard InChI is InChI=1S/C48H70F2N6O6/c1-3-23-59-25-27-61-29-30-62-28-26-60-24-15-44(57)54-21-18-47(19-22-54)33-39(34-47)45-53-52-43(4-2)56(45)42-31-40-10-11-41(32-42)55(40)20-14-38(36-8-6-5-7-9-36)35-51-46(58)37-12-16-48(49,50)17-13-37/h1,5-9,37-42H,4,10-35H2,2H3,(H,51,58)/t38-,40?,41?,42?/m1/s1. The maximum absolute atomic E-state index is 13.8. The second kappa shape index (κ2) is 22.4. The van der Waals surface area contributed by atoms with Crippen LogP contribution in [0.5, 0.6) is 0 Å². The Morgan fingerprint density at radius 3 is 2.11 bits per heavy atom. The molecule has 2 saturated carbocycles. The molecule has 1 aromatic carbocycles. The lowest BCUT2D eigenvalue weighted by atomic mass is 9.57. The first-order chi connectivity index (χ1) is 30.2. The Labute approximate surface area is 367 Å². The van der Waals surface area contributed by atoms with Crippen LogP contribution >= 0.6 is 0 Å². The number of fused-ring (bicyclic) bond motifs is 2.